The van der Waals surface area contributed by atoms with Crippen LogP contribution < -0.4 is 11.1 Å². The maximum absolute atomic E-state index is 12.3. The van der Waals surface area contributed by atoms with Gasteiger partial charge in [-0.1, -0.05) is 51.2 Å². The van der Waals surface area contributed by atoms with Gasteiger partial charge in [0, 0.05) is 4.47 Å². The lowest BCUT2D eigenvalue weighted by atomic mass is 9.85. The van der Waals surface area contributed by atoms with Crippen molar-refractivity contribution in [1.82, 2.24) is 0 Å². The van der Waals surface area contributed by atoms with Gasteiger partial charge in [-0.15, -0.1) is 0 Å². The molecule has 0 aliphatic carbocycles. The minimum atomic E-state index is -1.16. The molecule has 0 aromatic heterocycles. The second-order valence-electron chi connectivity index (χ2n) is 4.37. The highest BCUT2D eigenvalue weighted by molar-refractivity contribution is 9.10. The molecule has 5 nitrogen and oxygen atoms in total. The third-order valence-corrected chi connectivity index (χ3v) is 4.18. The number of rotatable bonds is 4. The van der Waals surface area contributed by atoms with Gasteiger partial charge in [0.15, 0.2) is 5.84 Å². The van der Waals surface area contributed by atoms with Crippen molar-refractivity contribution in [2.24, 2.45) is 16.3 Å². The summed E-state index contributed by atoms with van der Waals surface area (Å²) in [6.07, 6.45) is 0.348. The summed E-state index contributed by atoms with van der Waals surface area (Å²) in [7, 11) is 0. The van der Waals surface area contributed by atoms with E-state index in [0.717, 1.165) is 0 Å². The Kier molecular flexibility index (Phi) is 5.68. The van der Waals surface area contributed by atoms with E-state index in [-0.39, 0.29) is 21.6 Å². The number of amidine groups is 1. The molecule has 1 atom stereocenters. The number of nitrogens with one attached hydrogen (secondary N) is 1. The summed E-state index contributed by atoms with van der Waals surface area (Å²) >= 11 is 15.3. The lowest BCUT2D eigenvalue weighted by Gasteiger charge is -2.25. The summed E-state index contributed by atoms with van der Waals surface area (Å²) in [5.41, 5.74) is 4.71. The fourth-order valence-electron chi connectivity index (χ4n) is 1.48. The van der Waals surface area contributed by atoms with Crippen LogP contribution in [-0.4, -0.2) is 17.0 Å². The average Bonchev–Trinajstić information content (AvgIpc) is 2.40. The first-order chi connectivity index (χ1) is 9.26. The molecule has 1 aromatic carbocycles. The van der Waals surface area contributed by atoms with E-state index in [1.54, 1.807) is 26.0 Å². The number of halogens is 3. The van der Waals surface area contributed by atoms with Crippen molar-refractivity contribution in [2.75, 3.05) is 5.32 Å². The van der Waals surface area contributed by atoms with Crippen LogP contribution in [0.2, 0.25) is 10.0 Å². The van der Waals surface area contributed by atoms with Gasteiger partial charge in [-0.3, -0.25) is 4.79 Å². The lowest BCUT2D eigenvalue weighted by molar-refractivity contribution is -0.121. The zero-order valence-corrected chi connectivity index (χ0v) is 14.0. The summed E-state index contributed by atoms with van der Waals surface area (Å²) in [4.78, 5) is 12.3. The van der Waals surface area contributed by atoms with Crippen LogP contribution in [0.3, 0.4) is 0 Å². The van der Waals surface area contributed by atoms with Crippen LogP contribution in [-0.2, 0) is 4.79 Å². The van der Waals surface area contributed by atoms with Crippen LogP contribution in [0.1, 0.15) is 20.3 Å². The smallest absolute Gasteiger partial charge is 0.238 e. The van der Waals surface area contributed by atoms with E-state index < -0.39 is 11.3 Å². The molecule has 0 bridgehead atoms. The molecular formula is C12H14BrCl2N3O2. The van der Waals surface area contributed by atoms with Crippen LogP contribution in [0.15, 0.2) is 21.8 Å². The molecule has 0 fully saturated rings. The number of oxime groups is 1. The van der Waals surface area contributed by atoms with E-state index in [4.69, 9.17) is 34.1 Å². The molecule has 0 radical (unpaired) electrons. The van der Waals surface area contributed by atoms with Crippen molar-refractivity contribution < 1.29 is 10.0 Å². The molecule has 110 valence electrons. The highest BCUT2D eigenvalue weighted by atomic mass is 79.9. The van der Waals surface area contributed by atoms with E-state index in [2.05, 4.69) is 26.4 Å². The van der Waals surface area contributed by atoms with Gasteiger partial charge >= 0.3 is 0 Å². The molecule has 1 rings (SSSR count). The molecule has 0 aliphatic heterocycles. The number of carbonyl (C=O) groups excluding carboxylic acids is 1. The average molecular weight is 383 g/mol. The second-order valence-corrected chi connectivity index (χ2v) is 6.10. The molecule has 0 saturated heterocycles. The predicted octanol–water partition coefficient (Wildman–Crippen LogP) is 3.86. The molecule has 1 amide bonds. The van der Waals surface area contributed by atoms with Gasteiger partial charge in [-0.05, 0) is 25.5 Å². The Bertz CT molecular complexity index is 543. The van der Waals surface area contributed by atoms with Gasteiger partial charge in [0.2, 0.25) is 5.91 Å². The molecule has 0 saturated carbocycles. The van der Waals surface area contributed by atoms with Crippen LogP contribution in [0, 0.1) is 5.41 Å². The Morgan fingerprint density at radius 3 is 2.40 bits per heavy atom. The molecule has 0 heterocycles. The first-order valence-electron chi connectivity index (χ1n) is 5.70. The topological polar surface area (TPSA) is 87.7 Å². The predicted molar refractivity (Wildman–Crippen MR) is 84.6 cm³/mol. The molecular weight excluding hydrogens is 369 g/mol. The Labute approximate surface area is 135 Å². The van der Waals surface area contributed by atoms with Crippen molar-refractivity contribution in [3.8, 4) is 0 Å². The zero-order valence-electron chi connectivity index (χ0n) is 10.9. The number of hydrogen-bond donors (Lipinski definition) is 3. The number of hydrogen-bond acceptors (Lipinski definition) is 3. The Balaban J connectivity index is 3.13. The quantitative estimate of drug-likeness (QED) is 0.319. The summed E-state index contributed by atoms with van der Waals surface area (Å²) < 4.78 is 0.695. The fourth-order valence-corrected chi connectivity index (χ4v) is 2.78. The van der Waals surface area contributed by atoms with Crippen LogP contribution in [0.25, 0.3) is 0 Å². The van der Waals surface area contributed by atoms with Crippen LogP contribution >= 0.6 is 39.1 Å². The maximum atomic E-state index is 12.3. The Morgan fingerprint density at radius 1 is 1.50 bits per heavy atom. The van der Waals surface area contributed by atoms with E-state index in [9.17, 15) is 4.79 Å². The zero-order chi connectivity index (χ0) is 15.5. The number of benzene rings is 1. The van der Waals surface area contributed by atoms with Crippen molar-refractivity contribution in [1.29, 1.82) is 0 Å². The van der Waals surface area contributed by atoms with Gasteiger partial charge in [0.25, 0.3) is 0 Å². The third kappa shape index (κ3) is 3.37. The van der Waals surface area contributed by atoms with Gasteiger partial charge < -0.3 is 16.3 Å². The summed E-state index contributed by atoms with van der Waals surface area (Å²) in [5.74, 6) is -0.636. The van der Waals surface area contributed by atoms with Crippen molar-refractivity contribution in [3.05, 3.63) is 26.7 Å². The SMILES string of the molecule is CCC(C)(C(=O)Nc1c(Cl)cc(Br)cc1Cl)C(N)=NO. The number of amides is 1. The van der Waals surface area contributed by atoms with E-state index in [1.807, 2.05) is 0 Å². The fraction of sp³-hybridized carbons (Fsp3) is 0.333. The molecule has 4 N–H and O–H groups in total. The van der Waals surface area contributed by atoms with E-state index >= 15 is 0 Å². The summed E-state index contributed by atoms with van der Waals surface area (Å²) in [5, 5.41) is 14.9. The number of anilines is 1. The lowest BCUT2D eigenvalue weighted by Crippen LogP contribution is -2.44. The first-order valence-corrected chi connectivity index (χ1v) is 7.25. The highest BCUT2D eigenvalue weighted by Gasteiger charge is 2.37. The molecule has 20 heavy (non-hydrogen) atoms. The van der Waals surface area contributed by atoms with Crippen molar-refractivity contribution in [2.45, 2.75) is 20.3 Å². The van der Waals surface area contributed by atoms with Gasteiger partial charge in [-0.25, -0.2) is 0 Å². The minimum absolute atomic E-state index is 0.179. The molecule has 1 aromatic rings. The summed E-state index contributed by atoms with van der Waals surface area (Å²) in [6.45, 7) is 3.32. The molecule has 1 unspecified atom stereocenters. The summed E-state index contributed by atoms with van der Waals surface area (Å²) in [6, 6.07) is 3.21. The van der Waals surface area contributed by atoms with Crippen molar-refractivity contribution >= 4 is 56.6 Å². The standard InChI is InChI=1S/C12H14BrCl2N3O2/c1-3-12(2,10(16)18-20)11(19)17-9-7(14)4-6(13)5-8(9)15/h4-5,20H,3H2,1-2H3,(H2,16,18)(H,17,19). The minimum Gasteiger partial charge on any atom is -0.409 e. The monoisotopic (exact) mass is 381 g/mol. The number of nitrogens with zero attached hydrogens (tertiary/aromatic N) is 1. The Hall–Kier alpha value is -0.980. The normalized spacial score (nSPS) is 14.8. The van der Waals surface area contributed by atoms with E-state index in [1.165, 1.54) is 0 Å². The van der Waals surface area contributed by atoms with Gasteiger partial charge in [-0.2, -0.15) is 0 Å². The van der Waals surface area contributed by atoms with Gasteiger partial charge in [0.1, 0.15) is 5.41 Å². The van der Waals surface area contributed by atoms with Gasteiger partial charge in [0.05, 0.1) is 15.7 Å². The van der Waals surface area contributed by atoms with Crippen LogP contribution in [0.4, 0.5) is 5.69 Å². The largest absolute Gasteiger partial charge is 0.409 e. The maximum Gasteiger partial charge on any atom is 0.238 e. The number of carbonyl (C=O) groups is 1. The molecule has 8 heteroatoms. The van der Waals surface area contributed by atoms with Crippen molar-refractivity contribution in [3.63, 3.8) is 0 Å². The van der Waals surface area contributed by atoms with Crippen LogP contribution in [0.5, 0.6) is 0 Å². The molecule has 0 aliphatic rings. The van der Waals surface area contributed by atoms with E-state index in [0.29, 0.717) is 10.9 Å². The number of nitrogens with two attached hydrogens (primary N) is 1. The second kappa shape index (κ2) is 6.65. The first kappa shape index (κ1) is 17.1. The Morgan fingerprint density at radius 2 is 2.00 bits per heavy atom. The highest BCUT2D eigenvalue weighted by Crippen LogP contribution is 2.35. The third-order valence-electron chi connectivity index (χ3n) is 3.13. The molecule has 0 spiro atoms.